The average molecular weight is 389 g/mol. The van der Waals surface area contributed by atoms with Crippen LogP contribution < -0.4 is 5.32 Å². The van der Waals surface area contributed by atoms with E-state index >= 15 is 0 Å². The third-order valence-electron chi connectivity index (χ3n) is 4.84. The molecule has 8 nitrogen and oxygen atoms in total. The fourth-order valence-electron chi connectivity index (χ4n) is 3.27. The van der Waals surface area contributed by atoms with Crippen LogP contribution in [0.4, 0.5) is 11.4 Å². The Morgan fingerprint density at radius 3 is 2.56 bits per heavy atom. The molecule has 1 amide bonds. The van der Waals surface area contributed by atoms with E-state index in [1.54, 1.807) is 6.92 Å². The van der Waals surface area contributed by atoms with Gasteiger partial charge in [-0.2, -0.15) is 0 Å². The standard InChI is InChI=1S/C18H23N5O3S/c1-12(17(24)19-14-8-10-15(11-9-14)23(25)26)27-18-21-20-16(22(18)2)13-6-4-3-5-7-13/h8-13H,3-7H2,1-2H3,(H,19,24)/t12-/m0/s1. The van der Waals surface area contributed by atoms with Gasteiger partial charge in [0.25, 0.3) is 5.69 Å². The molecule has 1 aliphatic carbocycles. The number of carbonyl (C=O) groups excluding carboxylic acids is 1. The second-order valence-electron chi connectivity index (χ2n) is 6.79. The van der Waals surface area contributed by atoms with Crippen LogP contribution in [0.5, 0.6) is 0 Å². The Hall–Kier alpha value is -2.42. The molecular weight excluding hydrogens is 366 g/mol. The van der Waals surface area contributed by atoms with Gasteiger partial charge in [0.2, 0.25) is 5.91 Å². The third-order valence-corrected chi connectivity index (χ3v) is 5.97. The van der Waals surface area contributed by atoms with Gasteiger partial charge in [-0.1, -0.05) is 31.0 Å². The van der Waals surface area contributed by atoms with Crippen LogP contribution in [0.15, 0.2) is 29.4 Å². The van der Waals surface area contributed by atoms with Gasteiger partial charge in [-0.15, -0.1) is 10.2 Å². The lowest BCUT2D eigenvalue weighted by Crippen LogP contribution is -2.23. The van der Waals surface area contributed by atoms with Gasteiger partial charge in [-0.25, -0.2) is 0 Å². The van der Waals surface area contributed by atoms with E-state index in [1.807, 2.05) is 11.6 Å². The van der Waals surface area contributed by atoms with Crippen LogP contribution in [0.2, 0.25) is 0 Å². The van der Waals surface area contributed by atoms with E-state index in [0.29, 0.717) is 11.6 Å². The predicted molar refractivity (Wildman–Crippen MR) is 104 cm³/mol. The molecule has 1 aliphatic rings. The SMILES string of the molecule is C[C@H](Sc1nnc(C2CCCCC2)n1C)C(=O)Nc1ccc([N+](=O)[O-])cc1. The number of carbonyl (C=O) groups is 1. The summed E-state index contributed by atoms with van der Waals surface area (Å²) in [6.45, 7) is 1.81. The lowest BCUT2D eigenvalue weighted by Gasteiger charge is -2.20. The number of anilines is 1. The molecule has 1 aromatic heterocycles. The van der Waals surface area contributed by atoms with Crippen molar-refractivity contribution in [2.75, 3.05) is 5.32 Å². The number of nitrogens with zero attached hydrogens (tertiary/aromatic N) is 4. The highest BCUT2D eigenvalue weighted by atomic mass is 32.2. The van der Waals surface area contributed by atoms with Gasteiger partial charge in [-0.3, -0.25) is 14.9 Å². The average Bonchev–Trinajstić information content (AvgIpc) is 3.03. The summed E-state index contributed by atoms with van der Waals surface area (Å²) in [6, 6.07) is 5.78. The molecule has 1 saturated carbocycles. The number of aromatic nitrogens is 3. The van der Waals surface area contributed by atoms with Crippen molar-refractivity contribution in [2.45, 2.75) is 55.4 Å². The second kappa shape index (κ2) is 8.51. The van der Waals surface area contributed by atoms with Gasteiger partial charge in [0.05, 0.1) is 10.2 Å². The molecule has 0 unspecified atom stereocenters. The van der Waals surface area contributed by atoms with Gasteiger partial charge in [-0.05, 0) is 31.9 Å². The fraction of sp³-hybridized carbons (Fsp3) is 0.500. The first-order chi connectivity index (χ1) is 13.0. The Balaban J connectivity index is 1.61. The molecule has 144 valence electrons. The molecule has 2 aromatic rings. The summed E-state index contributed by atoms with van der Waals surface area (Å²) in [6.07, 6.45) is 6.04. The first-order valence-electron chi connectivity index (χ1n) is 9.07. The maximum atomic E-state index is 12.4. The van der Waals surface area contributed by atoms with Crippen LogP contribution in [0.25, 0.3) is 0 Å². The molecule has 9 heteroatoms. The summed E-state index contributed by atoms with van der Waals surface area (Å²) >= 11 is 1.36. The number of nitro benzene ring substituents is 1. The van der Waals surface area contributed by atoms with Crippen molar-refractivity contribution in [1.29, 1.82) is 0 Å². The van der Waals surface area contributed by atoms with Crippen molar-refractivity contribution in [3.05, 3.63) is 40.2 Å². The molecule has 0 bridgehead atoms. The first kappa shape index (κ1) is 19.3. The zero-order valence-corrected chi connectivity index (χ0v) is 16.2. The van der Waals surface area contributed by atoms with Crippen molar-refractivity contribution in [2.24, 2.45) is 7.05 Å². The molecule has 1 heterocycles. The highest BCUT2D eigenvalue weighted by Crippen LogP contribution is 2.33. The summed E-state index contributed by atoms with van der Waals surface area (Å²) in [5.74, 6) is 1.27. The van der Waals surface area contributed by atoms with E-state index in [4.69, 9.17) is 0 Å². The zero-order chi connectivity index (χ0) is 19.4. The Labute approximate surface area is 161 Å². The summed E-state index contributed by atoms with van der Waals surface area (Å²) in [5, 5.41) is 22.5. The second-order valence-corrected chi connectivity index (χ2v) is 8.10. The number of hydrogen-bond acceptors (Lipinski definition) is 6. The molecule has 1 N–H and O–H groups in total. The van der Waals surface area contributed by atoms with E-state index in [2.05, 4.69) is 15.5 Å². The molecular formula is C18H23N5O3S. The largest absolute Gasteiger partial charge is 0.325 e. The van der Waals surface area contributed by atoms with Crippen LogP contribution in [0, 0.1) is 10.1 Å². The van der Waals surface area contributed by atoms with Crippen molar-refractivity contribution in [1.82, 2.24) is 14.8 Å². The minimum absolute atomic E-state index is 0.00949. The smallest absolute Gasteiger partial charge is 0.269 e. The van der Waals surface area contributed by atoms with Gasteiger partial charge in [0.1, 0.15) is 5.82 Å². The van der Waals surface area contributed by atoms with Crippen molar-refractivity contribution < 1.29 is 9.72 Å². The van der Waals surface area contributed by atoms with E-state index < -0.39 is 4.92 Å². The van der Waals surface area contributed by atoms with Crippen LogP contribution >= 0.6 is 11.8 Å². The molecule has 0 spiro atoms. The fourth-order valence-corrected chi connectivity index (χ4v) is 4.09. The predicted octanol–water partition coefficient (Wildman–Crippen LogP) is 3.89. The van der Waals surface area contributed by atoms with Gasteiger partial charge in [0.15, 0.2) is 5.16 Å². The Kier molecular flexibility index (Phi) is 6.10. The van der Waals surface area contributed by atoms with E-state index in [1.165, 1.54) is 55.3 Å². The van der Waals surface area contributed by atoms with Crippen LogP contribution in [0.1, 0.15) is 50.8 Å². The molecule has 1 atom stereocenters. The van der Waals surface area contributed by atoms with Crippen LogP contribution in [-0.4, -0.2) is 30.8 Å². The zero-order valence-electron chi connectivity index (χ0n) is 15.4. The molecule has 0 aliphatic heterocycles. The topological polar surface area (TPSA) is 103 Å². The number of amides is 1. The highest BCUT2D eigenvalue weighted by molar-refractivity contribution is 8.00. The lowest BCUT2D eigenvalue weighted by atomic mass is 9.89. The summed E-state index contributed by atoms with van der Waals surface area (Å²) in [4.78, 5) is 22.7. The third kappa shape index (κ3) is 4.65. The van der Waals surface area contributed by atoms with Gasteiger partial charge in [0, 0.05) is 30.8 Å². The van der Waals surface area contributed by atoms with Crippen molar-refractivity contribution >= 4 is 29.0 Å². The number of thioether (sulfide) groups is 1. The Morgan fingerprint density at radius 1 is 1.26 bits per heavy atom. The molecule has 1 fully saturated rings. The maximum absolute atomic E-state index is 12.4. The molecule has 3 rings (SSSR count). The van der Waals surface area contributed by atoms with E-state index in [-0.39, 0.29) is 16.8 Å². The van der Waals surface area contributed by atoms with Crippen LogP contribution in [0.3, 0.4) is 0 Å². The Morgan fingerprint density at radius 2 is 1.93 bits per heavy atom. The quantitative estimate of drug-likeness (QED) is 0.457. The maximum Gasteiger partial charge on any atom is 0.269 e. The molecule has 1 aromatic carbocycles. The monoisotopic (exact) mass is 389 g/mol. The molecule has 0 saturated heterocycles. The van der Waals surface area contributed by atoms with E-state index in [0.717, 1.165) is 23.8 Å². The first-order valence-corrected chi connectivity index (χ1v) is 9.95. The number of benzene rings is 1. The highest BCUT2D eigenvalue weighted by Gasteiger charge is 2.24. The van der Waals surface area contributed by atoms with Crippen molar-refractivity contribution in [3.63, 3.8) is 0 Å². The van der Waals surface area contributed by atoms with Gasteiger partial charge >= 0.3 is 0 Å². The normalized spacial score (nSPS) is 16.1. The number of rotatable bonds is 6. The van der Waals surface area contributed by atoms with Gasteiger partial charge < -0.3 is 9.88 Å². The van der Waals surface area contributed by atoms with E-state index in [9.17, 15) is 14.9 Å². The summed E-state index contributed by atoms with van der Waals surface area (Å²) < 4.78 is 2.00. The lowest BCUT2D eigenvalue weighted by molar-refractivity contribution is -0.384. The number of nitro groups is 1. The Bertz CT molecular complexity index is 815. The number of hydrogen-bond donors (Lipinski definition) is 1. The minimum atomic E-state index is -0.470. The summed E-state index contributed by atoms with van der Waals surface area (Å²) in [7, 11) is 1.95. The van der Waals surface area contributed by atoms with Crippen molar-refractivity contribution in [3.8, 4) is 0 Å². The number of non-ortho nitro benzene ring substituents is 1. The minimum Gasteiger partial charge on any atom is -0.325 e. The number of nitrogens with one attached hydrogen (secondary N) is 1. The molecule has 0 radical (unpaired) electrons. The summed E-state index contributed by atoms with van der Waals surface area (Å²) in [5.41, 5.74) is 0.517. The van der Waals surface area contributed by atoms with Crippen LogP contribution in [-0.2, 0) is 11.8 Å². The molecule has 27 heavy (non-hydrogen) atoms.